The van der Waals surface area contributed by atoms with Crippen LogP contribution in [-0.2, 0) is 9.53 Å². The Morgan fingerprint density at radius 1 is 1.10 bits per heavy atom. The van der Waals surface area contributed by atoms with E-state index >= 15 is 0 Å². The first-order chi connectivity index (χ1) is 13.8. The molecule has 0 radical (unpaired) electrons. The van der Waals surface area contributed by atoms with E-state index in [1.807, 2.05) is 30.5 Å². The van der Waals surface area contributed by atoms with Crippen LogP contribution >= 0.6 is 0 Å². The zero-order chi connectivity index (χ0) is 21.1. The number of aromatic amines is 1. The molecule has 6 nitrogen and oxygen atoms in total. The van der Waals surface area contributed by atoms with Crippen molar-refractivity contribution in [1.29, 1.82) is 0 Å². The Morgan fingerprint density at radius 2 is 1.86 bits per heavy atom. The molecule has 1 heterocycles. The minimum Gasteiger partial charge on any atom is -0.496 e. The Bertz CT molecular complexity index is 1110. The van der Waals surface area contributed by atoms with Crippen molar-refractivity contribution in [2.45, 2.75) is 19.8 Å². The van der Waals surface area contributed by atoms with Crippen molar-refractivity contribution < 1.29 is 24.2 Å². The Morgan fingerprint density at radius 3 is 2.52 bits per heavy atom. The second-order valence-corrected chi connectivity index (χ2v) is 6.85. The first-order valence-corrected chi connectivity index (χ1v) is 9.14. The maximum absolute atomic E-state index is 11.8. The third-order valence-electron chi connectivity index (χ3n) is 5.05. The molecule has 0 aliphatic rings. The molecule has 0 aliphatic carbocycles. The number of carboxylic acids is 1. The number of aromatic nitrogens is 1. The van der Waals surface area contributed by atoms with Gasteiger partial charge in [0.25, 0.3) is 0 Å². The standard InChI is InChI=1S/C23H23NO5/c1-13(22(25)26)9-15-5-8-20-18(10-15)19(12-24-20)14(2)17-7-6-16(23(27)29-4)11-21(17)28-3/h5-12,14,24H,1-4H3,(H,25,26)/b13-9+. The Labute approximate surface area is 168 Å². The summed E-state index contributed by atoms with van der Waals surface area (Å²) in [6.07, 6.45) is 3.59. The second kappa shape index (κ2) is 8.22. The molecule has 2 aromatic carbocycles. The van der Waals surface area contributed by atoms with Crippen LogP contribution in [0.15, 0.2) is 48.2 Å². The van der Waals surface area contributed by atoms with Gasteiger partial charge in [-0.05, 0) is 48.4 Å². The number of nitrogens with one attached hydrogen (secondary N) is 1. The number of esters is 1. The first kappa shape index (κ1) is 20.2. The van der Waals surface area contributed by atoms with Gasteiger partial charge in [0.2, 0.25) is 0 Å². The summed E-state index contributed by atoms with van der Waals surface area (Å²) < 4.78 is 10.3. The average Bonchev–Trinajstić information content (AvgIpc) is 3.15. The van der Waals surface area contributed by atoms with E-state index < -0.39 is 11.9 Å². The normalized spacial score (nSPS) is 12.6. The number of hydrogen-bond donors (Lipinski definition) is 2. The number of fused-ring (bicyclic) bond motifs is 1. The lowest BCUT2D eigenvalue weighted by Gasteiger charge is -2.16. The SMILES string of the molecule is COC(=O)c1ccc(C(C)c2c[nH]c3ccc(/C=C(\C)C(=O)O)cc23)c(OC)c1. The van der Waals surface area contributed by atoms with Crippen LogP contribution in [-0.4, -0.2) is 36.2 Å². The molecule has 1 aromatic heterocycles. The molecule has 0 fully saturated rings. The van der Waals surface area contributed by atoms with E-state index in [0.717, 1.165) is 27.6 Å². The van der Waals surface area contributed by atoms with Crippen molar-refractivity contribution in [3.05, 3.63) is 70.4 Å². The molecule has 3 aromatic rings. The lowest BCUT2D eigenvalue weighted by molar-refractivity contribution is -0.132. The number of aliphatic carboxylic acids is 1. The fraction of sp³-hybridized carbons (Fsp3) is 0.217. The zero-order valence-electron chi connectivity index (χ0n) is 16.8. The molecule has 0 aliphatic heterocycles. The van der Waals surface area contributed by atoms with E-state index in [2.05, 4.69) is 11.9 Å². The summed E-state index contributed by atoms with van der Waals surface area (Å²) in [5.41, 5.74) is 4.46. The topological polar surface area (TPSA) is 88.6 Å². The van der Waals surface area contributed by atoms with Crippen molar-refractivity contribution in [1.82, 2.24) is 4.98 Å². The van der Waals surface area contributed by atoms with Gasteiger partial charge in [0.1, 0.15) is 5.75 Å². The fourth-order valence-corrected chi connectivity index (χ4v) is 3.40. The molecule has 150 valence electrons. The number of hydrogen-bond acceptors (Lipinski definition) is 4. The monoisotopic (exact) mass is 393 g/mol. The van der Waals surface area contributed by atoms with Crippen LogP contribution in [0.1, 0.15) is 46.8 Å². The number of benzene rings is 2. The van der Waals surface area contributed by atoms with Crippen molar-refractivity contribution >= 4 is 28.9 Å². The Kier molecular flexibility index (Phi) is 5.73. The second-order valence-electron chi connectivity index (χ2n) is 6.85. The molecule has 29 heavy (non-hydrogen) atoms. The molecule has 1 unspecified atom stereocenters. The highest BCUT2D eigenvalue weighted by molar-refractivity contribution is 5.93. The van der Waals surface area contributed by atoms with Gasteiger partial charge >= 0.3 is 11.9 Å². The van der Waals surface area contributed by atoms with Gasteiger partial charge in [-0.15, -0.1) is 0 Å². The smallest absolute Gasteiger partial charge is 0.337 e. The van der Waals surface area contributed by atoms with Crippen LogP contribution in [0.2, 0.25) is 0 Å². The summed E-state index contributed by atoms with van der Waals surface area (Å²) in [5.74, 6) is -0.777. The van der Waals surface area contributed by atoms with Gasteiger partial charge in [-0.25, -0.2) is 9.59 Å². The summed E-state index contributed by atoms with van der Waals surface area (Å²) in [4.78, 5) is 26.2. The highest BCUT2D eigenvalue weighted by Crippen LogP contribution is 2.36. The lowest BCUT2D eigenvalue weighted by Crippen LogP contribution is -2.04. The molecular formula is C23H23NO5. The van der Waals surface area contributed by atoms with Gasteiger partial charge in [-0.2, -0.15) is 0 Å². The average molecular weight is 393 g/mol. The zero-order valence-corrected chi connectivity index (χ0v) is 16.8. The predicted octanol–water partition coefficient (Wildman–Crippen LogP) is 4.60. The van der Waals surface area contributed by atoms with E-state index in [1.165, 1.54) is 7.11 Å². The molecule has 0 saturated heterocycles. The third-order valence-corrected chi connectivity index (χ3v) is 5.05. The Hall–Kier alpha value is -3.54. The Balaban J connectivity index is 2.05. The molecule has 0 bridgehead atoms. The fourth-order valence-electron chi connectivity index (χ4n) is 3.40. The largest absolute Gasteiger partial charge is 0.496 e. The third kappa shape index (κ3) is 4.01. The van der Waals surface area contributed by atoms with Crippen molar-refractivity contribution in [2.75, 3.05) is 14.2 Å². The number of rotatable bonds is 6. The van der Waals surface area contributed by atoms with Crippen LogP contribution in [0.5, 0.6) is 5.75 Å². The van der Waals surface area contributed by atoms with E-state index in [1.54, 1.807) is 32.2 Å². The van der Waals surface area contributed by atoms with Crippen molar-refractivity contribution in [2.24, 2.45) is 0 Å². The number of carbonyl (C=O) groups excluding carboxylic acids is 1. The van der Waals surface area contributed by atoms with Crippen LogP contribution in [0.3, 0.4) is 0 Å². The summed E-state index contributed by atoms with van der Waals surface area (Å²) >= 11 is 0. The summed E-state index contributed by atoms with van der Waals surface area (Å²) in [7, 11) is 2.91. The maximum Gasteiger partial charge on any atom is 0.337 e. The minimum absolute atomic E-state index is 0.0230. The number of carboxylic acid groups (broad SMARTS) is 1. The molecule has 1 atom stereocenters. The van der Waals surface area contributed by atoms with Gasteiger partial charge in [0.15, 0.2) is 0 Å². The van der Waals surface area contributed by atoms with Crippen LogP contribution in [0.25, 0.3) is 17.0 Å². The summed E-state index contributed by atoms with van der Waals surface area (Å²) in [5, 5.41) is 10.1. The van der Waals surface area contributed by atoms with E-state index in [0.29, 0.717) is 11.3 Å². The minimum atomic E-state index is -0.941. The molecule has 0 saturated carbocycles. The van der Waals surface area contributed by atoms with Crippen LogP contribution in [0.4, 0.5) is 0 Å². The van der Waals surface area contributed by atoms with Gasteiger partial charge in [-0.1, -0.05) is 19.1 Å². The molecule has 3 rings (SSSR count). The summed E-state index contributed by atoms with van der Waals surface area (Å²) in [6, 6.07) is 11.1. The molecule has 0 spiro atoms. The van der Waals surface area contributed by atoms with E-state index in [-0.39, 0.29) is 11.5 Å². The van der Waals surface area contributed by atoms with Crippen LogP contribution in [0, 0.1) is 0 Å². The maximum atomic E-state index is 11.8. The quantitative estimate of drug-likeness (QED) is 0.472. The number of ether oxygens (including phenoxy) is 2. The predicted molar refractivity (Wildman–Crippen MR) is 111 cm³/mol. The van der Waals surface area contributed by atoms with Gasteiger partial charge < -0.3 is 19.6 Å². The van der Waals surface area contributed by atoms with E-state index in [4.69, 9.17) is 14.6 Å². The lowest BCUT2D eigenvalue weighted by atomic mass is 9.91. The van der Waals surface area contributed by atoms with Gasteiger partial charge in [0.05, 0.1) is 19.8 Å². The molecule has 2 N–H and O–H groups in total. The van der Waals surface area contributed by atoms with E-state index in [9.17, 15) is 9.59 Å². The van der Waals surface area contributed by atoms with Crippen molar-refractivity contribution in [3.63, 3.8) is 0 Å². The molecule has 0 amide bonds. The van der Waals surface area contributed by atoms with Gasteiger partial charge in [0, 0.05) is 34.2 Å². The van der Waals surface area contributed by atoms with Crippen LogP contribution < -0.4 is 4.74 Å². The molecule has 6 heteroatoms. The number of H-pyrrole nitrogens is 1. The highest BCUT2D eigenvalue weighted by atomic mass is 16.5. The van der Waals surface area contributed by atoms with Gasteiger partial charge in [-0.3, -0.25) is 0 Å². The number of carbonyl (C=O) groups is 2. The molecular weight excluding hydrogens is 370 g/mol. The van der Waals surface area contributed by atoms with Crippen molar-refractivity contribution in [3.8, 4) is 5.75 Å². The highest BCUT2D eigenvalue weighted by Gasteiger charge is 2.19. The summed E-state index contributed by atoms with van der Waals surface area (Å²) in [6.45, 7) is 3.63. The number of methoxy groups -OCH3 is 2. The first-order valence-electron chi connectivity index (χ1n) is 9.14.